The first-order valence-corrected chi connectivity index (χ1v) is 6.39. The number of hydrogen-bond donors (Lipinski definition) is 0. The van der Waals surface area contributed by atoms with E-state index in [2.05, 4.69) is 4.74 Å². The largest absolute Gasteiger partial charge is 0.485 e. The van der Waals surface area contributed by atoms with Gasteiger partial charge in [-0.2, -0.15) is 0 Å². The summed E-state index contributed by atoms with van der Waals surface area (Å²) >= 11 is 0. The number of carbonyl (C=O) groups excluding carboxylic acids is 2. The lowest BCUT2D eigenvalue weighted by Gasteiger charge is -2.29. The van der Waals surface area contributed by atoms with Gasteiger partial charge in [0.1, 0.15) is 13.2 Å². The number of rotatable bonds is 4. The molecule has 1 aromatic rings. The number of para-hydroxylation sites is 2. The molecule has 0 aliphatic carbocycles. The van der Waals surface area contributed by atoms with Gasteiger partial charge >= 0.3 is 5.97 Å². The number of benzene rings is 1. The molecule has 20 heavy (non-hydrogen) atoms. The molecule has 1 aliphatic heterocycles. The summed E-state index contributed by atoms with van der Waals surface area (Å²) in [4.78, 5) is 25.0. The summed E-state index contributed by atoms with van der Waals surface area (Å²) in [6, 6.07) is 7.16. The van der Waals surface area contributed by atoms with E-state index in [0.717, 1.165) is 0 Å². The molecule has 0 spiro atoms. The zero-order chi connectivity index (χ0) is 14.5. The van der Waals surface area contributed by atoms with E-state index in [-0.39, 0.29) is 19.1 Å². The maximum Gasteiger partial charge on any atom is 0.325 e. The molecular formula is C14H17NO5. The normalized spacial score (nSPS) is 16.4. The van der Waals surface area contributed by atoms with Gasteiger partial charge in [0.05, 0.1) is 7.11 Å². The van der Waals surface area contributed by atoms with Crippen LogP contribution in [0.15, 0.2) is 24.3 Å². The van der Waals surface area contributed by atoms with Crippen molar-refractivity contribution >= 4 is 11.9 Å². The Bertz CT molecular complexity index is 502. The number of hydrogen-bond acceptors (Lipinski definition) is 5. The van der Waals surface area contributed by atoms with E-state index >= 15 is 0 Å². The van der Waals surface area contributed by atoms with Gasteiger partial charge in [-0.25, -0.2) is 0 Å². The van der Waals surface area contributed by atoms with Crippen LogP contribution in [0.25, 0.3) is 0 Å². The van der Waals surface area contributed by atoms with Gasteiger partial charge in [-0.15, -0.1) is 0 Å². The van der Waals surface area contributed by atoms with E-state index in [0.29, 0.717) is 18.0 Å². The Morgan fingerprint density at radius 3 is 2.70 bits per heavy atom. The van der Waals surface area contributed by atoms with Gasteiger partial charge in [-0.05, 0) is 19.1 Å². The van der Waals surface area contributed by atoms with Crippen LogP contribution in [0.4, 0.5) is 0 Å². The second-order valence-electron chi connectivity index (χ2n) is 4.29. The molecule has 1 amide bonds. The Balaban J connectivity index is 2.04. The van der Waals surface area contributed by atoms with Crippen molar-refractivity contribution in [3.63, 3.8) is 0 Å². The summed E-state index contributed by atoms with van der Waals surface area (Å²) in [6.45, 7) is 2.23. The number of methoxy groups -OCH3 is 1. The first-order chi connectivity index (χ1) is 9.65. The minimum atomic E-state index is -0.741. The van der Waals surface area contributed by atoms with E-state index in [4.69, 9.17) is 9.47 Å². The lowest BCUT2D eigenvalue weighted by Crippen LogP contribution is -2.48. The number of likely N-dealkylation sites (N-methyl/N-ethyl adjacent to an activating group) is 1. The van der Waals surface area contributed by atoms with Crippen molar-refractivity contribution < 1.29 is 23.8 Å². The van der Waals surface area contributed by atoms with Crippen molar-refractivity contribution in [2.24, 2.45) is 0 Å². The fourth-order valence-electron chi connectivity index (χ4n) is 1.91. The standard InChI is InChI=1S/C14H17NO5/c1-3-15(8-13(16)18-2)14(17)12-9-19-10-6-4-5-7-11(10)20-12/h4-7,12H,3,8-9H2,1-2H3. The summed E-state index contributed by atoms with van der Waals surface area (Å²) < 4.78 is 15.7. The third-order valence-electron chi connectivity index (χ3n) is 3.03. The molecule has 0 aromatic heterocycles. The van der Waals surface area contributed by atoms with E-state index in [1.165, 1.54) is 12.0 Å². The molecule has 1 aromatic carbocycles. The van der Waals surface area contributed by atoms with E-state index in [1.54, 1.807) is 25.1 Å². The van der Waals surface area contributed by atoms with E-state index in [9.17, 15) is 9.59 Å². The van der Waals surface area contributed by atoms with E-state index < -0.39 is 12.1 Å². The molecule has 6 nitrogen and oxygen atoms in total. The fourth-order valence-corrected chi connectivity index (χ4v) is 1.91. The minimum Gasteiger partial charge on any atom is -0.485 e. The number of nitrogens with zero attached hydrogens (tertiary/aromatic N) is 1. The van der Waals surface area contributed by atoms with Crippen LogP contribution in [0.2, 0.25) is 0 Å². The Morgan fingerprint density at radius 1 is 1.35 bits per heavy atom. The van der Waals surface area contributed by atoms with Crippen molar-refractivity contribution in [2.75, 3.05) is 26.8 Å². The third kappa shape index (κ3) is 3.01. The van der Waals surface area contributed by atoms with Crippen LogP contribution < -0.4 is 9.47 Å². The Morgan fingerprint density at radius 2 is 2.05 bits per heavy atom. The van der Waals surface area contributed by atoms with Crippen molar-refractivity contribution in [1.29, 1.82) is 0 Å². The molecule has 0 bridgehead atoms. The van der Waals surface area contributed by atoms with Crippen LogP contribution in [0.5, 0.6) is 11.5 Å². The lowest BCUT2D eigenvalue weighted by atomic mass is 10.2. The highest BCUT2D eigenvalue weighted by Gasteiger charge is 2.31. The van der Waals surface area contributed by atoms with Gasteiger partial charge in [0, 0.05) is 6.54 Å². The zero-order valence-corrected chi connectivity index (χ0v) is 11.5. The van der Waals surface area contributed by atoms with Gasteiger partial charge in [0.25, 0.3) is 5.91 Å². The van der Waals surface area contributed by atoms with Crippen LogP contribution in [0.3, 0.4) is 0 Å². The molecule has 0 saturated carbocycles. The quantitative estimate of drug-likeness (QED) is 0.764. The molecular weight excluding hydrogens is 262 g/mol. The lowest BCUT2D eigenvalue weighted by molar-refractivity contribution is -0.150. The minimum absolute atomic E-state index is 0.0899. The number of esters is 1. The summed E-state index contributed by atoms with van der Waals surface area (Å²) in [5.74, 6) is 0.406. The monoisotopic (exact) mass is 279 g/mol. The third-order valence-corrected chi connectivity index (χ3v) is 3.03. The molecule has 1 unspecified atom stereocenters. The Hall–Kier alpha value is -2.24. The smallest absolute Gasteiger partial charge is 0.325 e. The summed E-state index contributed by atoms with van der Waals surface area (Å²) in [5.41, 5.74) is 0. The maximum absolute atomic E-state index is 12.3. The molecule has 1 atom stereocenters. The highest BCUT2D eigenvalue weighted by Crippen LogP contribution is 2.31. The van der Waals surface area contributed by atoms with Crippen molar-refractivity contribution in [3.8, 4) is 11.5 Å². The number of fused-ring (bicyclic) bond motifs is 1. The first-order valence-electron chi connectivity index (χ1n) is 6.39. The molecule has 2 rings (SSSR count). The number of amides is 1. The molecule has 0 fully saturated rings. The van der Waals surface area contributed by atoms with Gasteiger partial charge in [-0.1, -0.05) is 12.1 Å². The van der Waals surface area contributed by atoms with Crippen LogP contribution in [0, 0.1) is 0 Å². The highest BCUT2D eigenvalue weighted by molar-refractivity contribution is 5.85. The molecule has 1 heterocycles. The average Bonchev–Trinajstić information content (AvgIpc) is 2.51. The van der Waals surface area contributed by atoms with Crippen LogP contribution in [0.1, 0.15) is 6.92 Å². The summed E-state index contributed by atoms with van der Waals surface area (Å²) in [7, 11) is 1.29. The fraction of sp³-hybridized carbons (Fsp3) is 0.429. The van der Waals surface area contributed by atoms with Gasteiger partial charge in [-0.3, -0.25) is 9.59 Å². The zero-order valence-electron chi connectivity index (χ0n) is 11.5. The molecule has 1 aliphatic rings. The van der Waals surface area contributed by atoms with E-state index in [1.807, 2.05) is 6.07 Å². The van der Waals surface area contributed by atoms with Crippen LogP contribution in [-0.4, -0.2) is 49.7 Å². The highest BCUT2D eigenvalue weighted by atomic mass is 16.6. The van der Waals surface area contributed by atoms with Crippen molar-refractivity contribution in [3.05, 3.63) is 24.3 Å². The Labute approximate surface area is 117 Å². The van der Waals surface area contributed by atoms with Gasteiger partial charge < -0.3 is 19.1 Å². The predicted molar refractivity (Wildman–Crippen MR) is 70.6 cm³/mol. The number of carbonyl (C=O) groups is 2. The SMILES string of the molecule is CCN(CC(=O)OC)C(=O)C1COc2ccccc2O1. The summed E-state index contributed by atoms with van der Waals surface area (Å²) in [6.07, 6.45) is -0.741. The molecule has 0 N–H and O–H groups in total. The molecule has 108 valence electrons. The topological polar surface area (TPSA) is 65.1 Å². The molecule has 0 radical (unpaired) electrons. The second kappa shape index (κ2) is 6.27. The second-order valence-corrected chi connectivity index (χ2v) is 4.29. The van der Waals surface area contributed by atoms with Crippen LogP contribution >= 0.6 is 0 Å². The van der Waals surface area contributed by atoms with Gasteiger partial charge in [0.15, 0.2) is 11.5 Å². The first kappa shape index (κ1) is 14.2. The Kier molecular flexibility index (Phi) is 4.45. The summed E-state index contributed by atoms with van der Waals surface area (Å²) in [5, 5.41) is 0. The molecule has 6 heteroatoms. The predicted octanol–water partition coefficient (Wildman–Crippen LogP) is 0.848. The van der Waals surface area contributed by atoms with Crippen LogP contribution in [-0.2, 0) is 14.3 Å². The number of ether oxygens (including phenoxy) is 3. The van der Waals surface area contributed by atoms with Crippen molar-refractivity contribution in [1.82, 2.24) is 4.90 Å². The average molecular weight is 279 g/mol. The van der Waals surface area contributed by atoms with Gasteiger partial charge in [0.2, 0.25) is 6.10 Å². The molecule has 0 saturated heterocycles. The maximum atomic E-state index is 12.3. The van der Waals surface area contributed by atoms with Crippen molar-refractivity contribution in [2.45, 2.75) is 13.0 Å².